The average molecular weight is 1010 g/mol. The average Bonchev–Trinajstić information content (AvgIpc) is 3.42. The molecule has 6 aromatic carbocycles. The van der Waals surface area contributed by atoms with Crippen LogP contribution in [-0.4, -0.2) is 101 Å². The Morgan fingerprint density at radius 3 is 1.19 bits per heavy atom. The molecular formula is C57H63BO14P. The van der Waals surface area contributed by atoms with Gasteiger partial charge in [0.25, 0.3) is 0 Å². The summed E-state index contributed by atoms with van der Waals surface area (Å²) in [6, 6.07) is 58.1. The number of aliphatic hydroxyl groups is 1. The van der Waals surface area contributed by atoms with Crippen LogP contribution in [0.2, 0.25) is 0 Å². The molecule has 0 aromatic heterocycles. The second-order valence-corrected chi connectivity index (χ2v) is 18.5. The highest BCUT2D eigenvalue weighted by molar-refractivity contribution is 7.41. The highest BCUT2D eigenvalue weighted by atomic mass is 31.2. The van der Waals surface area contributed by atoms with Crippen LogP contribution in [0.25, 0.3) is 0 Å². The summed E-state index contributed by atoms with van der Waals surface area (Å²) in [5, 5.41) is 12.2. The largest absolute Gasteiger partial charge is 0.433 e. The number of rotatable bonds is 26. The van der Waals surface area contributed by atoms with Gasteiger partial charge in [-0.15, -0.1) is 0 Å². The van der Waals surface area contributed by atoms with Crippen molar-refractivity contribution < 1.29 is 66.1 Å². The molecule has 0 aliphatic carbocycles. The van der Waals surface area contributed by atoms with Gasteiger partial charge < -0.3 is 56.8 Å². The van der Waals surface area contributed by atoms with Gasteiger partial charge in [0.15, 0.2) is 6.29 Å². The van der Waals surface area contributed by atoms with Crippen LogP contribution in [0, 0.1) is 0 Å². The Bertz CT molecular complexity index is 2440. The normalized spacial score (nSPS) is 24.3. The molecule has 16 heteroatoms. The topological polar surface area (TPSA) is 148 Å². The fraction of sp³-hybridized carbons (Fsp3) is 0.351. The van der Waals surface area contributed by atoms with E-state index in [2.05, 4.69) is 0 Å². The molecule has 14 nitrogen and oxygen atoms in total. The minimum absolute atomic E-state index is 0. The van der Waals surface area contributed by atoms with Crippen molar-refractivity contribution in [1.29, 1.82) is 0 Å². The van der Waals surface area contributed by atoms with E-state index in [1.807, 2.05) is 182 Å². The van der Waals surface area contributed by atoms with Crippen molar-refractivity contribution in [1.82, 2.24) is 0 Å². The van der Waals surface area contributed by atoms with E-state index in [1.165, 1.54) is 14.0 Å². The van der Waals surface area contributed by atoms with E-state index in [4.69, 9.17) is 56.2 Å². The molecule has 3 radical (unpaired) electrons. The summed E-state index contributed by atoms with van der Waals surface area (Å²) in [5.41, 5.74) is 5.42. The number of hydrogen-bond acceptors (Lipinski definition) is 14. The van der Waals surface area contributed by atoms with Gasteiger partial charge in [-0.05, 0) is 33.4 Å². The van der Waals surface area contributed by atoms with Gasteiger partial charge in [0.05, 0.1) is 52.9 Å². The standard InChI is InChI=1S/C57H63O14P.B/c1-41(58)67-56-55(66-38-47-31-19-8-20-32-47)53(64-36-45-27-15-6-16-28-45)51(49(69-56)40-62-34-43-23-11-4-12-24-43)70-72(60-2)71-57-54(65-37-46-29-17-7-18-30-46)52(63-35-44-25-13-5-14-26-44)50(59)48(68-57)39-61-33-42-21-9-3-10-22-42;/h3-32,48-57,59H,33-40H2,1-2H3;/t48-,49-,50-,51-,52+,53+,54-,55-,56?,57-,72?;/m1./s1. The van der Waals surface area contributed by atoms with E-state index in [1.54, 1.807) is 0 Å². The van der Waals surface area contributed by atoms with Crippen molar-refractivity contribution in [2.45, 2.75) is 108 Å². The Morgan fingerprint density at radius 1 is 0.452 bits per heavy atom. The van der Waals surface area contributed by atoms with Crippen LogP contribution in [0.5, 0.6) is 0 Å². The molecule has 0 bridgehead atoms. The fourth-order valence-corrected chi connectivity index (χ4v) is 9.36. The molecule has 0 amide bonds. The molecule has 2 aliphatic heterocycles. The first-order chi connectivity index (χ1) is 35.4. The smallest absolute Gasteiger partial charge is 0.335 e. The lowest BCUT2D eigenvalue weighted by Gasteiger charge is -2.46. The molecule has 2 aliphatic rings. The number of ether oxygens (including phenoxy) is 9. The molecular weight excluding hydrogens is 950 g/mol. The summed E-state index contributed by atoms with van der Waals surface area (Å²) < 4.78 is 78.3. The first kappa shape index (κ1) is 55.6. The molecule has 0 spiro atoms. The molecule has 2 unspecified atom stereocenters. The summed E-state index contributed by atoms with van der Waals surface area (Å²) in [6.07, 6.45) is -10.6. The van der Waals surface area contributed by atoms with Crippen LogP contribution in [0.15, 0.2) is 182 Å². The molecule has 0 saturated carbocycles. The zero-order valence-electron chi connectivity index (χ0n) is 41.0. The van der Waals surface area contributed by atoms with Crippen LogP contribution >= 0.6 is 8.60 Å². The van der Waals surface area contributed by atoms with Crippen molar-refractivity contribution in [2.24, 2.45) is 0 Å². The monoisotopic (exact) mass is 1010 g/mol. The summed E-state index contributed by atoms with van der Waals surface area (Å²) in [4.78, 5) is 12.8. The second-order valence-electron chi connectivity index (χ2n) is 17.3. The molecule has 2 saturated heterocycles. The van der Waals surface area contributed by atoms with Gasteiger partial charge in [-0.25, -0.2) is 0 Å². The van der Waals surface area contributed by atoms with Crippen LogP contribution in [0.1, 0.15) is 40.3 Å². The first-order valence-corrected chi connectivity index (χ1v) is 25.2. The molecule has 1 N–H and O–H groups in total. The van der Waals surface area contributed by atoms with Crippen LogP contribution in [-0.2, 0) is 101 Å². The summed E-state index contributed by atoms with van der Waals surface area (Å²) in [6.45, 7) is 2.37. The minimum atomic E-state index is -2.39. The van der Waals surface area contributed by atoms with E-state index in [-0.39, 0.29) is 61.3 Å². The summed E-state index contributed by atoms with van der Waals surface area (Å²) >= 11 is 0. The van der Waals surface area contributed by atoms with Gasteiger partial charge in [-0.1, -0.05) is 182 Å². The number of hydrogen-bond donors (Lipinski definition) is 1. The number of aliphatic hydroxyl groups excluding tert-OH is 1. The van der Waals surface area contributed by atoms with Crippen molar-refractivity contribution in [3.63, 3.8) is 0 Å². The number of esters is 1. The van der Waals surface area contributed by atoms with E-state index >= 15 is 0 Å². The Morgan fingerprint density at radius 2 is 0.795 bits per heavy atom. The lowest BCUT2D eigenvalue weighted by Crippen LogP contribution is -2.62. The van der Waals surface area contributed by atoms with Gasteiger partial charge in [0.1, 0.15) is 48.8 Å². The predicted octanol–water partition coefficient (Wildman–Crippen LogP) is 9.03. The summed E-state index contributed by atoms with van der Waals surface area (Å²) in [5.74, 6) is -0.578. The third-order valence-corrected chi connectivity index (χ3v) is 13.1. The quantitative estimate of drug-likeness (QED) is 0.0313. The van der Waals surface area contributed by atoms with Crippen LogP contribution in [0.3, 0.4) is 0 Å². The third kappa shape index (κ3) is 16.9. The lowest BCUT2D eigenvalue weighted by atomic mass is 9.98. The van der Waals surface area contributed by atoms with Gasteiger partial charge in [-0.3, -0.25) is 9.32 Å². The van der Waals surface area contributed by atoms with Gasteiger partial charge in [0.2, 0.25) is 6.29 Å². The van der Waals surface area contributed by atoms with Crippen LogP contribution in [0.4, 0.5) is 0 Å². The molecule has 8 rings (SSSR count). The van der Waals surface area contributed by atoms with E-state index < -0.39 is 76.0 Å². The number of carbonyl (C=O) groups excluding carboxylic acids is 1. The maximum Gasteiger partial charge on any atom is 0.335 e. The highest BCUT2D eigenvalue weighted by Crippen LogP contribution is 2.48. The molecule has 73 heavy (non-hydrogen) atoms. The zero-order chi connectivity index (χ0) is 49.7. The highest BCUT2D eigenvalue weighted by Gasteiger charge is 2.53. The second kappa shape index (κ2) is 29.6. The SMILES string of the molecule is COP(O[C@H]1O[C@H](COCc2ccccc2)[C@@H](O)[C@H](OCc2ccccc2)[C@H]1OCc1ccccc1)O[C@H]1[C@H](OCc2ccccc2)[C@@H](OCc2ccccc2)C(OC(C)=O)O[C@@H]1COCc1ccccc1.[B]. The predicted molar refractivity (Wildman–Crippen MR) is 273 cm³/mol. The molecule has 11 atom stereocenters. The van der Waals surface area contributed by atoms with Gasteiger partial charge in [0, 0.05) is 22.4 Å². The van der Waals surface area contributed by atoms with Crippen molar-refractivity contribution >= 4 is 23.0 Å². The summed E-state index contributed by atoms with van der Waals surface area (Å²) in [7, 11) is -0.931. The zero-order valence-corrected chi connectivity index (χ0v) is 41.9. The van der Waals surface area contributed by atoms with Gasteiger partial charge in [-0.2, -0.15) is 0 Å². The van der Waals surface area contributed by atoms with Crippen molar-refractivity contribution in [3.05, 3.63) is 215 Å². The van der Waals surface area contributed by atoms with Gasteiger partial charge >= 0.3 is 14.6 Å². The molecule has 2 fully saturated rings. The number of carbonyl (C=O) groups is 1. The van der Waals surface area contributed by atoms with E-state index in [9.17, 15) is 9.90 Å². The van der Waals surface area contributed by atoms with E-state index in [0.29, 0.717) is 0 Å². The molecule has 2 heterocycles. The third-order valence-electron chi connectivity index (χ3n) is 12.0. The molecule has 6 aromatic rings. The Balaban J connectivity index is 0.00000780. The number of benzene rings is 6. The van der Waals surface area contributed by atoms with E-state index in [0.717, 1.165) is 33.4 Å². The first-order valence-electron chi connectivity index (χ1n) is 24.1. The van der Waals surface area contributed by atoms with Crippen LogP contribution < -0.4 is 0 Å². The maximum absolute atomic E-state index is 12.8. The van der Waals surface area contributed by atoms with Crippen molar-refractivity contribution in [2.75, 3.05) is 20.3 Å². The Kier molecular flexibility index (Phi) is 22.6. The van der Waals surface area contributed by atoms with Crippen molar-refractivity contribution in [3.8, 4) is 0 Å². The Labute approximate surface area is 431 Å². The minimum Gasteiger partial charge on any atom is -0.433 e. The maximum atomic E-state index is 12.8. The molecule has 383 valence electrons. The fourth-order valence-electron chi connectivity index (χ4n) is 8.34. The lowest BCUT2D eigenvalue weighted by molar-refractivity contribution is -0.315. The Hall–Kier alpha value is -5.20.